The number of aromatic carboxylic acids is 1. The number of benzene rings is 1. The second-order valence-electron chi connectivity index (χ2n) is 6.96. The summed E-state index contributed by atoms with van der Waals surface area (Å²) >= 11 is 0. The maximum atomic E-state index is 10.9. The van der Waals surface area contributed by atoms with E-state index in [2.05, 4.69) is 39.1 Å². The molecule has 0 spiro atoms. The number of hydrogen-bond donors (Lipinski definition) is 1. The SMILES string of the molecule is CCCCCCOc1ccc(N2CCN(c3ccc(C(=O)O)nn3)CC2)cc1. The van der Waals surface area contributed by atoms with Gasteiger partial charge in [-0.1, -0.05) is 26.2 Å². The predicted molar refractivity (Wildman–Crippen MR) is 109 cm³/mol. The van der Waals surface area contributed by atoms with Gasteiger partial charge in [-0.05, 0) is 42.8 Å². The van der Waals surface area contributed by atoms with E-state index < -0.39 is 5.97 Å². The standard InChI is InChI=1S/C21H28N4O3/c1-2-3-4-5-16-28-18-8-6-17(7-9-18)24-12-14-25(15-13-24)20-11-10-19(21(26)27)22-23-20/h6-11H,2-5,12-16H2,1H3,(H,26,27). The number of carboxylic acid groups (broad SMARTS) is 1. The number of anilines is 2. The van der Waals surface area contributed by atoms with Crippen molar-refractivity contribution in [2.45, 2.75) is 32.6 Å². The smallest absolute Gasteiger partial charge is 0.356 e. The molecule has 2 heterocycles. The number of nitrogens with zero attached hydrogens (tertiary/aromatic N) is 4. The predicted octanol–water partition coefficient (Wildman–Crippen LogP) is 3.46. The van der Waals surface area contributed by atoms with Crippen LogP contribution in [0.3, 0.4) is 0 Å². The molecule has 0 amide bonds. The van der Waals surface area contributed by atoms with Gasteiger partial charge in [0.1, 0.15) is 5.75 Å². The molecule has 7 heteroatoms. The summed E-state index contributed by atoms with van der Waals surface area (Å²) in [5.74, 6) is 0.585. The number of hydrogen-bond acceptors (Lipinski definition) is 6. The van der Waals surface area contributed by atoms with Gasteiger partial charge in [0.2, 0.25) is 0 Å². The molecule has 0 saturated carbocycles. The minimum Gasteiger partial charge on any atom is -0.494 e. The van der Waals surface area contributed by atoms with Gasteiger partial charge >= 0.3 is 5.97 Å². The maximum absolute atomic E-state index is 10.9. The number of carbonyl (C=O) groups is 1. The van der Waals surface area contributed by atoms with Crippen molar-refractivity contribution in [3.05, 3.63) is 42.1 Å². The summed E-state index contributed by atoms with van der Waals surface area (Å²) in [4.78, 5) is 15.3. The van der Waals surface area contributed by atoms with Gasteiger partial charge in [-0.3, -0.25) is 0 Å². The zero-order valence-corrected chi connectivity index (χ0v) is 16.4. The Morgan fingerprint density at radius 1 is 0.964 bits per heavy atom. The molecule has 1 aliphatic heterocycles. The third-order valence-electron chi connectivity index (χ3n) is 4.94. The average Bonchev–Trinajstić information content (AvgIpc) is 2.74. The van der Waals surface area contributed by atoms with E-state index in [0.717, 1.165) is 50.8 Å². The highest BCUT2D eigenvalue weighted by molar-refractivity contribution is 5.85. The Hall–Kier alpha value is -2.83. The van der Waals surface area contributed by atoms with Crippen LogP contribution >= 0.6 is 0 Å². The summed E-state index contributed by atoms with van der Waals surface area (Å²) in [6.45, 7) is 6.37. The first-order chi connectivity index (χ1) is 13.7. The number of ether oxygens (including phenoxy) is 1. The van der Waals surface area contributed by atoms with Crippen molar-refractivity contribution in [1.82, 2.24) is 10.2 Å². The lowest BCUT2D eigenvalue weighted by atomic mass is 10.2. The molecule has 1 aromatic heterocycles. The Labute approximate surface area is 165 Å². The fraction of sp³-hybridized carbons (Fsp3) is 0.476. The lowest BCUT2D eigenvalue weighted by molar-refractivity contribution is 0.0689. The van der Waals surface area contributed by atoms with Gasteiger partial charge < -0.3 is 19.6 Å². The summed E-state index contributed by atoms with van der Waals surface area (Å²) in [6.07, 6.45) is 4.84. The molecule has 0 unspecified atom stereocenters. The first kappa shape index (κ1) is 19.9. The quantitative estimate of drug-likeness (QED) is 0.663. The van der Waals surface area contributed by atoms with E-state index in [1.165, 1.54) is 31.0 Å². The molecule has 150 valence electrons. The monoisotopic (exact) mass is 384 g/mol. The van der Waals surface area contributed by atoms with Crippen molar-refractivity contribution in [3.63, 3.8) is 0 Å². The van der Waals surface area contributed by atoms with Gasteiger partial charge in [0.25, 0.3) is 0 Å². The van der Waals surface area contributed by atoms with Crippen LogP contribution in [0, 0.1) is 0 Å². The zero-order valence-electron chi connectivity index (χ0n) is 16.4. The molecule has 1 N–H and O–H groups in total. The van der Waals surface area contributed by atoms with Crippen LogP contribution in [0.4, 0.5) is 11.5 Å². The molecule has 7 nitrogen and oxygen atoms in total. The second kappa shape index (κ2) is 9.92. The number of piperazine rings is 1. The van der Waals surface area contributed by atoms with Gasteiger partial charge in [-0.15, -0.1) is 10.2 Å². The maximum Gasteiger partial charge on any atom is 0.356 e. The van der Waals surface area contributed by atoms with Crippen molar-refractivity contribution in [1.29, 1.82) is 0 Å². The van der Waals surface area contributed by atoms with Crippen molar-refractivity contribution in [3.8, 4) is 5.75 Å². The Morgan fingerprint density at radius 3 is 2.29 bits per heavy atom. The third kappa shape index (κ3) is 5.34. The minimum absolute atomic E-state index is 0.0324. The fourth-order valence-corrected chi connectivity index (χ4v) is 3.27. The van der Waals surface area contributed by atoms with Crippen LogP contribution < -0.4 is 14.5 Å². The Balaban J connectivity index is 1.47. The highest BCUT2D eigenvalue weighted by atomic mass is 16.5. The van der Waals surface area contributed by atoms with E-state index >= 15 is 0 Å². The number of aromatic nitrogens is 2. The normalized spacial score (nSPS) is 14.2. The number of carboxylic acids is 1. The van der Waals surface area contributed by atoms with Crippen LogP contribution in [0.2, 0.25) is 0 Å². The largest absolute Gasteiger partial charge is 0.494 e. The van der Waals surface area contributed by atoms with E-state index in [1.54, 1.807) is 6.07 Å². The fourth-order valence-electron chi connectivity index (χ4n) is 3.27. The third-order valence-corrected chi connectivity index (χ3v) is 4.94. The van der Waals surface area contributed by atoms with Crippen LogP contribution in [-0.2, 0) is 0 Å². The zero-order chi connectivity index (χ0) is 19.8. The number of rotatable bonds is 9. The van der Waals surface area contributed by atoms with E-state index in [0.29, 0.717) is 0 Å². The molecular weight excluding hydrogens is 356 g/mol. The molecule has 2 aromatic rings. The minimum atomic E-state index is -1.06. The van der Waals surface area contributed by atoms with Gasteiger partial charge in [-0.25, -0.2) is 4.79 Å². The summed E-state index contributed by atoms with van der Waals surface area (Å²) < 4.78 is 5.81. The summed E-state index contributed by atoms with van der Waals surface area (Å²) in [5.41, 5.74) is 1.15. The summed E-state index contributed by atoms with van der Waals surface area (Å²) in [7, 11) is 0. The van der Waals surface area contributed by atoms with E-state index in [9.17, 15) is 4.79 Å². The molecule has 1 saturated heterocycles. The van der Waals surface area contributed by atoms with Crippen LogP contribution in [0.25, 0.3) is 0 Å². The van der Waals surface area contributed by atoms with Crippen LogP contribution in [-0.4, -0.2) is 54.1 Å². The number of unbranched alkanes of at least 4 members (excludes halogenated alkanes) is 3. The first-order valence-corrected chi connectivity index (χ1v) is 9.97. The highest BCUT2D eigenvalue weighted by Gasteiger charge is 2.19. The molecule has 0 aliphatic carbocycles. The molecule has 3 rings (SSSR count). The molecule has 1 aromatic carbocycles. The van der Waals surface area contributed by atoms with Crippen molar-refractivity contribution < 1.29 is 14.6 Å². The highest BCUT2D eigenvalue weighted by Crippen LogP contribution is 2.22. The van der Waals surface area contributed by atoms with E-state index in [1.807, 2.05) is 12.1 Å². The Morgan fingerprint density at radius 2 is 1.68 bits per heavy atom. The van der Waals surface area contributed by atoms with Gasteiger partial charge in [0.15, 0.2) is 11.5 Å². The molecule has 28 heavy (non-hydrogen) atoms. The summed E-state index contributed by atoms with van der Waals surface area (Å²) in [6, 6.07) is 11.5. The van der Waals surface area contributed by atoms with Gasteiger partial charge in [0.05, 0.1) is 6.61 Å². The first-order valence-electron chi connectivity index (χ1n) is 9.97. The molecule has 0 atom stereocenters. The van der Waals surface area contributed by atoms with Crippen molar-refractivity contribution >= 4 is 17.5 Å². The molecule has 0 radical (unpaired) electrons. The molecule has 1 fully saturated rings. The van der Waals surface area contributed by atoms with Crippen LogP contribution in [0.15, 0.2) is 36.4 Å². The molecule has 1 aliphatic rings. The Kier molecular flexibility index (Phi) is 7.06. The van der Waals surface area contributed by atoms with Crippen LogP contribution in [0.5, 0.6) is 5.75 Å². The van der Waals surface area contributed by atoms with Gasteiger partial charge in [-0.2, -0.15) is 0 Å². The average molecular weight is 384 g/mol. The second-order valence-corrected chi connectivity index (χ2v) is 6.96. The lowest BCUT2D eigenvalue weighted by Gasteiger charge is -2.36. The Bertz CT molecular complexity index is 741. The van der Waals surface area contributed by atoms with E-state index in [4.69, 9.17) is 9.84 Å². The lowest BCUT2D eigenvalue weighted by Crippen LogP contribution is -2.46. The van der Waals surface area contributed by atoms with Crippen molar-refractivity contribution in [2.24, 2.45) is 0 Å². The van der Waals surface area contributed by atoms with Crippen molar-refractivity contribution in [2.75, 3.05) is 42.6 Å². The topological polar surface area (TPSA) is 78.8 Å². The van der Waals surface area contributed by atoms with E-state index in [-0.39, 0.29) is 5.69 Å². The molecule has 0 bridgehead atoms. The van der Waals surface area contributed by atoms with Crippen LogP contribution in [0.1, 0.15) is 43.1 Å². The molecular formula is C21H28N4O3. The van der Waals surface area contributed by atoms with Gasteiger partial charge in [0, 0.05) is 31.9 Å². The summed E-state index contributed by atoms with van der Waals surface area (Å²) in [5, 5.41) is 16.7.